The van der Waals surface area contributed by atoms with Crippen LogP contribution in [0.1, 0.15) is 31.9 Å². The quantitative estimate of drug-likeness (QED) is 0.615. The third-order valence-electron chi connectivity index (χ3n) is 3.66. The fourth-order valence-corrected chi connectivity index (χ4v) is 2.88. The molecule has 0 bridgehead atoms. The largest absolute Gasteiger partial charge is 0.543 e. The molecule has 1 aromatic rings. The molecule has 116 valence electrons. The molecule has 0 spiro atoms. The first-order valence-corrected chi connectivity index (χ1v) is 9.99. The standard InChI is InChI=1S/C14H17BrF3NOSi/c1-13(2,3)21(4,5)20-12-7-9(15)6-11(10(12)8-19)14(16,17)18/h6-7H,1-5H3. The van der Waals surface area contributed by atoms with Gasteiger partial charge in [0.2, 0.25) is 0 Å². The first-order valence-electron chi connectivity index (χ1n) is 6.29. The van der Waals surface area contributed by atoms with Gasteiger partial charge in [0, 0.05) is 4.47 Å². The van der Waals surface area contributed by atoms with Crippen LogP contribution in [-0.4, -0.2) is 8.32 Å². The molecule has 0 aliphatic rings. The molecule has 1 rings (SSSR count). The van der Waals surface area contributed by atoms with Gasteiger partial charge in [0.25, 0.3) is 8.32 Å². The van der Waals surface area contributed by atoms with Crippen LogP contribution in [0, 0.1) is 11.3 Å². The fourth-order valence-electron chi connectivity index (χ4n) is 1.43. The molecular weight excluding hydrogens is 363 g/mol. The Labute approximate surface area is 132 Å². The van der Waals surface area contributed by atoms with Crippen molar-refractivity contribution in [3.63, 3.8) is 0 Å². The number of alkyl halides is 3. The maximum absolute atomic E-state index is 13.0. The van der Waals surface area contributed by atoms with Gasteiger partial charge in [0.15, 0.2) is 0 Å². The van der Waals surface area contributed by atoms with Crippen LogP contribution in [0.3, 0.4) is 0 Å². The van der Waals surface area contributed by atoms with Gasteiger partial charge in [-0.3, -0.25) is 0 Å². The molecule has 0 aliphatic carbocycles. The first kappa shape index (κ1) is 18.0. The maximum atomic E-state index is 13.0. The zero-order valence-corrected chi connectivity index (χ0v) is 15.1. The molecule has 2 nitrogen and oxygen atoms in total. The fraction of sp³-hybridized carbons (Fsp3) is 0.500. The minimum Gasteiger partial charge on any atom is -0.543 e. The predicted octanol–water partition coefficient (Wildman–Crippen LogP) is 5.72. The maximum Gasteiger partial charge on any atom is 0.417 e. The second-order valence-electron chi connectivity index (χ2n) is 6.30. The molecular formula is C14H17BrF3NOSi. The van der Waals surface area contributed by atoms with Gasteiger partial charge in [-0.15, -0.1) is 0 Å². The summed E-state index contributed by atoms with van der Waals surface area (Å²) in [5.74, 6) is -0.00853. The molecule has 7 heteroatoms. The van der Waals surface area contributed by atoms with E-state index in [9.17, 15) is 13.2 Å². The van der Waals surface area contributed by atoms with Crippen molar-refractivity contribution in [3.05, 3.63) is 27.7 Å². The van der Waals surface area contributed by atoms with E-state index < -0.39 is 25.6 Å². The van der Waals surface area contributed by atoms with Crippen LogP contribution in [-0.2, 0) is 6.18 Å². The summed E-state index contributed by atoms with van der Waals surface area (Å²) in [6.45, 7) is 9.78. The first-order chi connectivity index (χ1) is 9.29. The third kappa shape index (κ3) is 4.01. The molecule has 0 fully saturated rings. The van der Waals surface area contributed by atoms with Crippen LogP contribution in [0.2, 0.25) is 18.1 Å². The second-order valence-corrected chi connectivity index (χ2v) is 11.9. The molecule has 0 aromatic heterocycles. The van der Waals surface area contributed by atoms with Crippen molar-refractivity contribution in [3.8, 4) is 11.8 Å². The van der Waals surface area contributed by atoms with Crippen LogP contribution in [0.4, 0.5) is 13.2 Å². The smallest absolute Gasteiger partial charge is 0.417 e. The van der Waals surface area contributed by atoms with Gasteiger partial charge in [0.05, 0.1) is 5.56 Å². The van der Waals surface area contributed by atoms with E-state index in [1.54, 1.807) is 6.07 Å². The van der Waals surface area contributed by atoms with Crippen molar-refractivity contribution in [1.82, 2.24) is 0 Å². The zero-order valence-electron chi connectivity index (χ0n) is 12.5. The summed E-state index contributed by atoms with van der Waals surface area (Å²) >= 11 is 3.05. The monoisotopic (exact) mass is 379 g/mol. The van der Waals surface area contributed by atoms with E-state index in [4.69, 9.17) is 9.69 Å². The average Bonchev–Trinajstić information content (AvgIpc) is 2.24. The molecule has 0 unspecified atom stereocenters. The number of hydrogen-bond donors (Lipinski definition) is 0. The Morgan fingerprint density at radius 2 is 1.71 bits per heavy atom. The minimum absolute atomic E-state index is 0.00853. The Hall–Kier alpha value is -1.00. The van der Waals surface area contributed by atoms with E-state index >= 15 is 0 Å². The van der Waals surface area contributed by atoms with Crippen LogP contribution in [0.25, 0.3) is 0 Å². The number of hydrogen-bond acceptors (Lipinski definition) is 2. The normalized spacial score (nSPS) is 13.0. The van der Waals surface area contributed by atoms with Gasteiger partial charge in [-0.2, -0.15) is 18.4 Å². The Balaban J connectivity index is 3.46. The van der Waals surface area contributed by atoms with Crippen molar-refractivity contribution in [2.24, 2.45) is 0 Å². The van der Waals surface area contributed by atoms with Gasteiger partial charge in [-0.05, 0) is 30.3 Å². The topological polar surface area (TPSA) is 33.0 Å². The molecule has 0 atom stereocenters. The van der Waals surface area contributed by atoms with Crippen molar-refractivity contribution in [2.75, 3.05) is 0 Å². The Morgan fingerprint density at radius 1 is 1.19 bits per heavy atom. The number of halogens is 4. The molecule has 0 saturated carbocycles. The van der Waals surface area contributed by atoms with Crippen LogP contribution in [0.5, 0.6) is 5.75 Å². The predicted molar refractivity (Wildman–Crippen MR) is 81.7 cm³/mol. The van der Waals surface area contributed by atoms with Gasteiger partial charge in [-0.25, -0.2) is 0 Å². The van der Waals surface area contributed by atoms with Crippen molar-refractivity contribution < 1.29 is 17.6 Å². The second kappa shape index (κ2) is 5.65. The zero-order chi connectivity index (χ0) is 16.6. The number of benzene rings is 1. The van der Waals surface area contributed by atoms with Gasteiger partial charge >= 0.3 is 6.18 Å². The van der Waals surface area contributed by atoms with Gasteiger partial charge in [-0.1, -0.05) is 36.7 Å². The minimum atomic E-state index is -4.60. The van der Waals surface area contributed by atoms with Crippen molar-refractivity contribution in [1.29, 1.82) is 5.26 Å². The highest BCUT2D eigenvalue weighted by Crippen LogP contribution is 2.42. The number of nitriles is 1. The number of nitrogens with zero attached hydrogens (tertiary/aromatic N) is 1. The van der Waals surface area contributed by atoms with Crippen LogP contribution in [0.15, 0.2) is 16.6 Å². The van der Waals surface area contributed by atoms with E-state index in [0.717, 1.165) is 6.07 Å². The molecule has 0 radical (unpaired) electrons. The lowest BCUT2D eigenvalue weighted by molar-refractivity contribution is -0.137. The average molecular weight is 380 g/mol. The highest BCUT2D eigenvalue weighted by molar-refractivity contribution is 9.10. The van der Waals surface area contributed by atoms with E-state index in [0.29, 0.717) is 0 Å². The number of rotatable bonds is 2. The van der Waals surface area contributed by atoms with Crippen LogP contribution >= 0.6 is 15.9 Å². The van der Waals surface area contributed by atoms with Crippen LogP contribution < -0.4 is 4.43 Å². The Morgan fingerprint density at radius 3 is 2.10 bits per heavy atom. The van der Waals surface area contributed by atoms with Crippen molar-refractivity contribution in [2.45, 2.75) is 45.1 Å². The Kier molecular flexibility index (Phi) is 4.86. The van der Waals surface area contributed by atoms with Gasteiger partial charge in [0.1, 0.15) is 17.4 Å². The molecule has 0 N–H and O–H groups in total. The molecule has 0 heterocycles. The third-order valence-corrected chi connectivity index (χ3v) is 8.46. The van der Waals surface area contributed by atoms with Crippen molar-refractivity contribution >= 4 is 24.2 Å². The summed E-state index contributed by atoms with van der Waals surface area (Å²) < 4.78 is 45.3. The SMILES string of the molecule is CC(C)(C)[Si](C)(C)Oc1cc(Br)cc(C(F)(F)F)c1C#N. The summed E-state index contributed by atoms with van der Waals surface area (Å²) in [6, 6.07) is 3.95. The summed E-state index contributed by atoms with van der Waals surface area (Å²) in [5.41, 5.74) is -1.44. The van der Waals surface area contributed by atoms with E-state index in [-0.39, 0.29) is 15.3 Å². The van der Waals surface area contributed by atoms with E-state index in [1.165, 1.54) is 6.07 Å². The highest BCUT2D eigenvalue weighted by atomic mass is 79.9. The van der Waals surface area contributed by atoms with Gasteiger partial charge < -0.3 is 4.43 Å². The van der Waals surface area contributed by atoms with E-state index in [1.807, 2.05) is 33.9 Å². The lowest BCUT2D eigenvalue weighted by Gasteiger charge is -2.37. The lowest BCUT2D eigenvalue weighted by atomic mass is 10.1. The van der Waals surface area contributed by atoms with E-state index in [2.05, 4.69) is 15.9 Å². The summed E-state index contributed by atoms with van der Waals surface area (Å²) in [4.78, 5) is 0. The summed E-state index contributed by atoms with van der Waals surface area (Å²) in [7, 11) is -2.34. The highest BCUT2D eigenvalue weighted by Gasteiger charge is 2.41. The Bertz CT molecular complexity index is 586. The molecule has 0 aliphatic heterocycles. The molecule has 1 aromatic carbocycles. The summed E-state index contributed by atoms with van der Waals surface area (Å²) in [6.07, 6.45) is -4.60. The molecule has 0 amide bonds. The molecule has 21 heavy (non-hydrogen) atoms. The lowest BCUT2D eigenvalue weighted by Crippen LogP contribution is -2.44. The summed E-state index contributed by atoms with van der Waals surface area (Å²) in [5, 5.41) is 8.94. The molecule has 0 saturated heterocycles.